The molecule has 0 radical (unpaired) electrons. The van der Waals surface area contributed by atoms with Gasteiger partial charge in [0.15, 0.2) is 11.5 Å². The topological polar surface area (TPSA) is 76.7 Å². The summed E-state index contributed by atoms with van der Waals surface area (Å²) in [7, 11) is 3.10. The van der Waals surface area contributed by atoms with Gasteiger partial charge in [-0.3, -0.25) is 9.59 Å². The van der Waals surface area contributed by atoms with Crippen molar-refractivity contribution >= 4 is 23.4 Å². The van der Waals surface area contributed by atoms with Gasteiger partial charge in [-0.2, -0.15) is 0 Å². The highest BCUT2D eigenvalue weighted by molar-refractivity contribution is 6.30. The van der Waals surface area contributed by atoms with Crippen LogP contribution in [0.4, 0.5) is 0 Å². The van der Waals surface area contributed by atoms with Crippen LogP contribution < -0.4 is 20.1 Å². The Morgan fingerprint density at radius 2 is 1.69 bits per heavy atom. The van der Waals surface area contributed by atoms with Crippen molar-refractivity contribution in [2.45, 2.75) is 6.42 Å². The third-order valence-electron chi connectivity index (χ3n) is 3.63. The fourth-order valence-electron chi connectivity index (χ4n) is 2.35. The number of hydrogen-bond acceptors (Lipinski definition) is 4. The summed E-state index contributed by atoms with van der Waals surface area (Å²) in [5.41, 5.74) is 1.29. The lowest BCUT2D eigenvalue weighted by Gasteiger charge is -2.10. The molecule has 138 valence electrons. The number of nitrogens with one attached hydrogen (secondary N) is 2. The van der Waals surface area contributed by atoms with Gasteiger partial charge in [0, 0.05) is 23.7 Å². The second-order valence-corrected chi connectivity index (χ2v) is 5.92. The number of methoxy groups -OCH3 is 2. The highest BCUT2D eigenvalue weighted by Gasteiger charge is 2.09. The molecule has 2 amide bonds. The first-order chi connectivity index (χ1) is 12.5. The minimum atomic E-state index is -0.235. The number of hydrogen-bond donors (Lipinski definition) is 2. The largest absolute Gasteiger partial charge is 0.493 e. The maximum Gasteiger partial charge on any atom is 0.251 e. The molecule has 0 saturated carbocycles. The molecule has 6 nitrogen and oxygen atoms in total. The molecule has 0 fully saturated rings. The molecule has 2 N–H and O–H groups in total. The van der Waals surface area contributed by atoms with Crippen molar-refractivity contribution in [1.82, 2.24) is 10.6 Å². The first-order valence-electron chi connectivity index (χ1n) is 8.05. The van der Waals surface area contributed by atoms with Crippen LogP contribution in [0.3, 0.4) is 0 Å². The molecule has 0 aliphatic rings. The average molecular weight is 377 g/mol. The quantitative estimate of drug-likeness (QED) is 0.694. The van der Waals surface area contributed by atoms with Crippen LogP contribution in [0, 0.1) is 0 Å². The van der Waals surface area contributed by atoms with Crippen molar-refractivity contribution in [3.05, 3.63) is 58.6 Å². The van der Waals surface area contributed by atoms with E-state index < -0.39 is 0 Å². The van der Waals surface area contributed by atoms with Crippen molar-refractivity contribution in [2.75, 3.05) is 27.3 Å². The van der Waals surface area contributed by atoms with Crippen LogP contribution in [0.15, 0.2) is 42.5 Å². The van der Waals surface area contributed by atoms with Crippen molar-refractivity contribution in [2.24, 2.45) is 0 Å². The Morgan fingerprint density at radius 3 is 2.38 bits per heavy atom. The molecule has 0 aromatic heterocycles. The van der Waals surface area contributed by atoms with E-state index in [4.69, 9.17) is 21.1 Å². The molecule has 0 aliphatic carbocycles. The summed E-state index contributed by atoms with van der Waals surface area (Å²) in [5.74, 6) is 0.808. The van der Waals surface area contributed by atoms with Crippen LogP contribution in [0.25, 0.3) is 0 Å². The summed E-state index contributed by atoms with van der Waals surface area (Å²) in [5, 5.41) is 5.99. The number of ether oxygens (including phenoxy) is 2. The summed E-state index contributed by atoms with van der Waals surface area (Å²) >= 11 is 5.86. The fraction of sp³-hybridized carbons (Fsp3) is 0.263. The summed E-state index contributed by atoms with van der Waals surface area (Å²) in [4.78, 5) is 24.0. The van der Waals surface area contributed by atoms with E-state index in [1.165, 1.54) is 0 Å². The van der Waals surface area contributed by atoms with Gasteiger partial charge in [-0.15, -0.1) is 0 Å². The third-order valence-corrected chi connectivity index (χ3v) is 3.87. The number of benzene rings is 2. The summed E-state index contributed by atoms with van der Waals surface area (Å²) < 4.78 is 10.4. The van der Waals surface area contributed by atoms with Gasteiger partial charge in [-0.25, -0.2) is 0 Å². The molecular formula is C19H21ClN2O4. The van der Waals surface area contributed by atoms with Gasteiger partial charge in [0.1, 0.15) is 0 Å². The molecular weight excluding hydrogens is 356 g/mol. The van der Waals surface area contributed by atoms with Crippen LogP contribution in [0.1, 0.15) is 15.9 Å². The fourth-order valence-corrected chi connectivity index (χ4v) is 2.54. The first kappa shape index (κ1) is 19.6. The van der Waals surface area contributed by atoms with E-state index in [2.05, 4.69) is 10.6 Å². The van der Waals surface area contributed by atoms with Gasteiger partial charge < -0.3 is 20.1 Å². The highest BCUT2D eigenvalue weighted by Crippen LogP contribution is 2.27. The number of rotatable bonds is 8. The van der Waals surface area contributed by atoms with Gasteiger partial charge in [-0.05, 0) is 35.9 Å². The Hall–Kier alpha value is -2.73. The lowest BCUT2D eigenvalue weighted by Crippen LogP contribution is -2.35. The van der Waals surface area contributed by atoms with Crippen LogP contribution in [-0.2, 0) is 11.2 Å². The molecule has 0 heterocycles. The Bertz CT molecular complexity index is 780. The van der Waals surface area contributed by atoms with Crippen molar-refractivity contribution in [1.29, 1.82) is 0 Å². The van der Waals surface area contributed by atoms with Gasteiger partial charge in [0.2, 0.25) is 5.91 Å². The van der Waals surface area contributed by atoms with E-state index in [1.807, 2.05) is 6.07 Å². The molecule has 2 aromatic rings. The standard InChI is InChI=1S/C19H21ClN2O4/c1-25-16-7-6-13(10-17(16)26-2)11-18(23)21-8-9-22-19(24)14-4-3-5-15(20)12-14/h3-7,10,12H,8-9,11H2,1-2H3,(H,21,23)(H,22,24). The number of amides is 2. The van der Waals surface area contributed by atoms with Gasteiger partial charge in [0.25, 0.3) is 5.91 Å². The second-order valence-electron chi connectivity index (χ2n) is 5.48. The lowest BCUT2D eigenvalue weighted by atomic mass is 10.1. The molecule has 26 heavy (non-hydrogen) atoms. The number of carbonyl (C=O) groups excluding carboxylic acids is 2. The Morgan fingerprint density at radius 1 is 0.962 bits per heavy atom. The number of carbonyl (C=O) groups is 2. The average Bonchev–Trinajstić information content (AvgIpc) is 2.64. The zero-order valence-electron chi connectivity index (χ0n) is 14.7. The van der Waals surface area contributed by atoms with Gasteiger partial charge >= 0.3 is 0 Å². The molecule has 2 rings (SSSR count). The number of halogens is 1. The van der Waals surface area contributed by atoms with E-state index in [-0.39, 0.29) is 18.2 Å². The second kappa shape index (κ2) is 9.68. The van der Waals surface area contributed by atoms with Crippen LogP contribution in [0.5, 0.6) is 11.5 Å². The maximum absolute atomic E-state index is 12.0. The Balaban J connectivity index is 1.76. The highest BCUT2D eigenvalue weighted by atomic mass is 35.5. The van der Waals surface area contributed by atoms with Crippen LogP contribution in [-0.4, -0.2) is 39.1 Å². The van der Waals surface area contributed by atoms with Crippen molar-refractivity contribution in [3.63, 3.8) is 0 Å². The van der Waals surface area contributed by atoms with E-state index in [1.54, 1.807) is 50.6 Å². The van der Waals surface area contributed by atoms with Crippen molar-refractivity contribution in [3.8, 4) is 11.5 Å². The van der Waals surface area contributed by atoms with E-state index in [9.17, 15) is 9.59 Å². The van der Waals surface area contributed by atoms with E-state index in [0.717, 1.165) is 5.56 Å². The van der Waals surface area contributed by atoms with Crippen LogP contribution in [0.2, 0.25) is 5.02 Å². The summed E-state index contributed by atoms with van der Waals surface area (Å²) in [6, 6.07) is 12.0. The smallest absolute Gasteiger partial charge is 0.251 e. The zero-order chi connectivity index (χ0) is 18.9. The normalized spacial score (nSPS) is 10.1. The Kier molecular flexibility index (Phi) is 7.29. The molecule has 0 aliphatic heterocycles. The minimum absolute atomic E-state index is 0.144. The maximum atomic E-state index is 12.0. The molecule has 2 aromatic carbocycles. The monoisotopic (exact) mass is 376 g/mol. The predicted octanol–water partition coefficient (Wildman–Crippen LogP) is 2.45. The molecule has 0 bridgehead atoms. The molecule has 0 spiro atoms. The minimum Gasteiger partial charge on any atom is -0.493 e. The summed E-state index contributed by atoms with van der Waals surface area (Å²) in [6.45, 7) is 0.654. The molecule has 0 unspecified atom stereocenters. The predicted molar refractivity (Wildman–Crippen MR) is 100 cm³/mol. The van der Waals surface area contributed by atoms with Crippen LogP contribution >= 0.6 is 11.6 Å². The SMILES string of the molecule is COc1ccc(CC(=O)NCCNC(=O)c2cccc(Cl)c2)cc1OC. The molecule has 7 heteroatoms. The lowest BCUT2D eigenvalue weighted by molar-refractivity contribution is -0.120. The zero-order valence-corrected chi connectivity index (χ0v) is 15.4. The summed E-state index contributed by atoms with van der Waals surface area (Å²) in [6.07, 6.45) is 0.211. The third kappa shape index (κ3) is 5.67. The molecule has 0 saturated heterocycles. The van der Waals surface area contributed by atoms with Gasteiger partial charge in [0.05, 0.1) is 20.6 Å². The Labute approximate surface area is 157 Å². The first-order valence-corrected chi connectivity index (χ1v) is 8.42. The molecule has 0 atom stereocenters. The van der Waals surface area contributed by atoms with E-state index in [0.29, 0.717) is 35.2 Å². The van der Waals surface area contributed by atoms with Crippen molar-refractivity contribution < 1.29 is 19.1 Å². The van der Waals surface area contributed by atoms with Gasteiger partial charge in [-0.1, -0.05) is 23.7 Å². The van der Waals surface area contributed by atoms with E-state index >= 15 is 0 Å².